The van der Waals surface area contributed by atoms with Crippen LogP contribution in [0.1, 0.15) is 63.1 Å². The van der Waals surface area contributed by atoms with E-state index in [2.05, 4.69) is 45.9 Å². The summed E-state index contributed by atoms with van der Waals surface area (Å²) in [6, 6.07) is 26.8. The molecular weight excluding hydrogens is 721 g/mol. The van der Waals surface area contributed by atoms with Crippen molar-refractivity contribution in [2.24, 2.45) is 11.8 Å². The van der Waals surface area contributed by atoms with Gasteiger partial charge in [0.2, 0.25) is 0 Å². The van der Waals surface area contributed by atoms with Gasteiger partial charge in [-0.2, -0.15) is 10.2 Å². The summed E-state index contributed by atoms with van der Waals surface area (Å²) in [5, 5.41) is 30.7. The lowest BCUT2D eigenvalue weighted by molar-refractivity contribution is -0.134. The second kappa shape index (κ2) is 17.6. The summed E-state index contributed by atoms with van der Waals surface area (Å²) in [6.07, 6.45) is 14.0. The van der Waals surface area contributed by atoms with Crippen LogP contribution < -0.4 is 11.5 Å². The van der Waals surface area contributed by atoms with Crippen molar-refractivity contribution in [1.29, 1.82) is 0 Å². The van der Waals surface area contributed by atoms with Gasteiger partial charge < -0.3 is 35.9 Å². The zero-order valence-electron chi connectivity index (χ0n) is 32.6. The predicted molar refractivity (Wildman–Crippen MR) is 218 cm³/mol. The number of aliphatic hydroxyl groups excluding tert-OH is 1. The van der Waals surface area contributed by atoms with Crippen LogP contribution in [0.3, 0.4) is 0 Å². The number of terminal acetylenes is 2. The molecule has 296 valence electrons. The van der Waals surface area contributed by atoms with Crippen molar-refractivity contribution in [3.8, 4) is 24.7 Å². The highest BCUT2D eigenvalue weighted by Gasteiger charge is 2.55. The first kappa shape index (κ1) is 40.9. The number of aliphatic hydroxyl groups is 2. The number of rotatable bonds is 13. The quantitative estimate of drug-likeness (QED) is 0.112. The number of hydrogen-bond acceptors (Lipinski definition) is 11. The Morgan fingerprint density at radius 3 is 2.04 bits per heavy atom. The van der Waals surface area contributed by atoms with E-state index in [1.165, 1.54) is 17.2 Å². The summed E-state index contributed by atoms with van der Waals surface area (Å²) in [5.41, 5.74) is 13.3. The van der Waals surface area contributed by atoms with Crippen LogP contribution in [0, 0.1) is 36.5 Å². The summed E-state index contributed by atoms with van der Waals surface area (Å²) in [4.78, 5) is 8.03. The monoisotopic (exact) mass is 770 g/mol. The van der Waals surface area contributed by atoms with Gasteiger partial charge in [-0.3, -0.25) is 0 Å². The van der Waals surface area contributed by atoms with Crippen molar-refractivity contribution >= 4 is 22.7 Å². The molecule has 6 N–H and O–H groups in total. The molecule has 0 spiro atoms. The van der Waals surface area contributed by atoms with E-state index in [0.29, 0.717) is 35.6 Å². The second-order valence-electron chi connectivity index (χ2n) is 14.3. The fourth-order valence-electron chi connectivity index (χ4n) is 7.62. The number of benzene rings is 2. The second-order valence-corrected chi connectivity index (χ2v) is 14.3. The third kappa shape index (κ3) is 7.94. The summed E-state index contributed by atoms with van der Waals surface area (Å²) in [7, 11) is 0. The Morgan fingerprint density at radius 1 is 0.877 bits per heavy atom. The highest BCUT2D eigenvalue weighted by atomic mass is 16.6. The van der Waals surface area contributed by atoms with Gasteiger partial charge in [0.15, 0.2) is 22.8 Å². The molecule has 0 radical (unpaired) electrons. The lowest BCUT2D eigenvalue weighted by atomic mass is 9.82. The van der Waals surface area contributed by atoms with Crippen LogP contribution in [0.4, 0.5) is 11.6 Å². The Morgan fingerprint density at radius 2 is 1.46 bits per heavy atom. The first-order chi connectivity index (χ1) is 27.5. The molecule has 5 heterocycles. The lowest BCUT2D eigenvalue weighted by Gasteiger charge is -2.37. The standard InChI is InChI=1S/C22H26N4O3.C22H24N4O2/c1-4-18(27)15(3)20(29-13-16-9-7-6-8-10-16)22(28,5-2)19-12-11-17-21(23)24-14-25-26(17)19;1-4-18-15(3)20(27-13-16-9-7-6-8-10-16)22(5-2,28-18)19-12-11-17-21(23)24-14-25-26(17)19/h2,6-12,14-15,18,20,27-28H,4,13H2,1,3H3,(H2,23,24,25);2,6-12,14-15,18,20H,4,13H2,1,3H3,(H2,23,24,25)/t15-,18-,20-,22?;15-,18-,20-,22+/m11/s1. The average molecular weight is 771 g/mol. The van der Waals surface area contributed by atoms with Gasteiger partial charge in [-0.1, -0.05) is 100 Å². The summed E-state index contributed by atoms with van der Waals surface area (Å²) in [5.74, 6) is 5.73. The third-order valence-electron chi connectivity index (χ3n) is 10.8. The van der Waals surface area contributed by atoms with Crippen LogP contribution in [0.5, 0.6) is 0 Å². The van der Waals surface area contributed by atoms with Crippen LogP contribution in [0.15, 0.2) is 97.6 Å². The molecule has 1 aliphatic heterocycles. The van der Waals surface area contributed by atoms with Gasteiger partial charge in [0.25, 0.3) is 0 Å². The Kier molecular flexibility index (Phi) is 12.6. The molecule has 0 saturated carbocycles. The summed E-state index contributed by atoms with van der Waals surface area (Å²) >= 11 is 0. The average Bonchev–Trinajstić information content (AvgIpc) is 3.96. The molecule has 2 aromatic carbocycles. The minimum absolute atomic E-state index is 0.0124. The Hall–Kier alpha value is -5.80. The number of nitrogens with two attached hydrogens (primary N) is 2. The number of fused-ring (bicyclic) bond motifs is 2. The Bertz CT molecular complexity index is 2340. The number of hydrogen-bond donors (Lipinski definition) is 4. The van der Waals surface area contributed by atoms with Gasteiger partial charge in [-0.15, -0.1) is 12.8 Å². The topological polar surface area (TPSA) is 181 Å². The van der Waals surface area contributed by atoms with Crippen LogP contribution in [0.25, 0.3) is 11.0 Å². The van der Waals surface area contributed by atoms with Crippen molar-refractivity contribution in [1.82, 2.24) is 29.2 Å². The molecule has 13 nitrogen and oxygen atoms in total. The molecule has 13 heteroatoms. The molecule has 8 atom stereocenters. The van der Waals surface area contributed by atoms with Gasteiger partial charge in [0, 0.05) is 11.8 Å². The van der Waals surface area contributed by atoms with Crippen molar-refractivity contribution in [3.05, 3.63) is 120 Å². The summed E-state index contributed by atoms with van der Waals surface area (Å²) < 4.78 is 22.2. The van der Waals surface area contributed by atoms with Gasteiger partial charge in [-0.05, 0) is 48.2 Å². The molecule has 1 unspecified atom stereocenters. The van der Waals surface area contributed by atoms with E-state index in [-0.39, 0.29) is 30.6 Å². The minimum atomic E-state index is -1.85. The lowest BCUT2D eigenvalue weighted by Crippen LogP contribution is -2.48. The van der Waals surface area contributed by atoms with Crippen molar-refractivity contribution < 1.29 is 24.4 Å². The first-order valence-corrected chi connectivity index (χ1v) is 19.0. The van der Waals surface area contributed by atoms with E-state index in [9.17, 15) is 10.2 Å². The maximum Gasteiger partial charge on any atom is 0.197 e. The molecule has 1 saturated heterocycles. The highest BCUT2D eigenvalue weighted by Crippen LogP contribution is 2.46. The van der Waals surface area contributed by atoms with Crippen molar-refractivity contribution in [3.63, 3.8) is 0 Å². The van der Waals surface area contributed by atoms with Gasteiger partial charge in [0.05, 0.1) is 36.8 Å². The van der Waals surface area contributed by atoms with Crippen molar-refractivity contribution in [2.75, 3.05) is 11.5 Å². The van der Waals surface area contributed by atoms with E-state index >= 15 is 0 Å². The van der Waals surface area contributed by atoms with E-state index in [1.807, 2.05) is 86.6 Å². The van der Waals surface area contributed by atoms with E-state index in [0.717, 1.165) is 23.2 Å². The SMILES string of the molecule is C#CC(O)(c1ccc2c(N)ncnn12)[C@H](OCc1ccccc1)[C@H](C)[C@H](O)CC.C#C[C@@]1(c2ccc3c(N)ncnn23)O[C@H](CC)[C@@H](C)[C@H]1OCc1ccccc1. The third-order valence-corrected chi connectivity index (χ3v) is 10.8. The molecule has 1 fully saturated rings. The van der Waals surface area contributed by atoms with Crippen LogP contribution in [0.2, 0.25) is 0 Å². The zero-order valence-corrected chi connectivity index (χ0v) is 32.6. The number of anilines is 2. The smallest absolute Gasteiger partial charge is 0.197 e. The fraction of sp³-hybridized carbons (Fsp3) is 0.364. The highest BCUT2D eigenvalue weighted by molar-refractivity contribution is 5.67. The minimum Gasteiger partial charge on any atom is -0.393 e. The van der Waals surface area contributed by atoms with E-state index < -0.39 is 29.3 Å². The Balaban J connectivity index is 0.000000193. The maximum atomic E-state index is 11.6. The van der Waals surface area contributed by atoms with Crippen LogP contribution >= 0.6 is 0 Å². The van der Waals surface area contributed by atoms with Gasteiger partial charge in [-0.25, -0.2) is 19.0 Å². The van der Waals surface area contributed by atoms with Gasteiger partial charge in [0.1, 0.15) is 35.9 Å². The maximum absolute atomic E-state index is 11.6. The molecule has 0 amide bonds. The number of nitrogens with zero attached hydrogens (tertiary/aromatic N) is 6. The van der Waals surface area contributed by atoms with E-state index in [1.54, 1.807) is 16.6 Å². The molecule has 57 heavy (non-hydrogen) atoms. The molecule has 4 aromatic heterocycles. The van der Waals surface area contributed by atoms with Crippen molar-refractivity contribution in [2.45, 2.75) is 89.4 Å². The Labute approximate surface area is 333 Å². The normalized spacial score (nSPS) is 21.8. The molecule has 7 rings (SSSR count). The summed E-state index contributed by atoms with van der Waals surface area (Å²) in [6.45, 7) is 8.59. The molecule has 0 bridgehead atoms. The first-order valence-electron chi connectivity index (χ1n) is 19.0. The molecule has 1 aliphatic rings. The van der Waals surface area contributed by atoms with Crippen LogP contribution in [-0.4, -0.2) is 63.8 Å². The largest absolute Gasteiger partial charge is 0.393 e. The van der Waals surface area contributed by atoms with Crippen LogP contribution in [-0.2, 0) is 38.6 Å². The fourth-order valence-corrected chi connectivity index (χ4v) is 7.62. The number of aromatic nitrogens is 6. The molecular formula is C44H50N8O5. The van der Waals surface area contributed by atoms with Gasteiger partial charge >= 0.3 is 0 Å². The molecule has 0 aliphatic carbocycles. The number of ether oxygens (including phenoxy) is 3. The predicted octanol–water partition coefficient (Wildman–Crippen LogP) is 5.30. The molecule has 6 aromatic rings. The number of nitrogen functional groups attached to an aromatic ring is 2. The zero-order chi connectivity index (χ0) is 40.7. The van der Waals surface area contributed by atoms with E-state index in [4.69, 9.17) is 38.5 Å².